The molecular formula is C13H28O4. The van der Waals surface area contributed by atoms with Crippen molar-refractivity contribution in [1.29, 1.82) is 0 Å². The van der Waals surface area contributed by atoms with E-state index >= 15 is 0 Å². The summed E-state index contributed by atoms with van der Waals surface area (Å²) in [6.45, 7) is 3.02. The topological polar surface area (TPSA) is 47.9 Å². The molecule has 0 aromatic carbocycles. The summed E-state index contributed by atoms with van der Waals surface area (Å²) >= 11 is 0. The first-order valence-corrected chi connectivity index (χ1v) is 6.75. The molecule has 0 saturated carbocycles. The van der Waals surface area contributed by atoms with Crippen molar-refractivity contribution in [2.24, 2.45) is 0 Å². The molecule has 0 spiro atoms. The summed E-state index contributed by atoms with van der Waals surface area (Å²) in [4.78, 5) is 3.99. The Kier molecular flexibility index (Phi) is 15.7. The highest BCUT2D eigenvalue weighted by molar-refractivity contribution is 4.44. The molecule has 0 aromatic rings. The van der Waals surface area contributed by atoms with Gasteiger partial charge >= 0.3 is 0 Å². The Bertz CT molecular complexity index is 117. The summed E-state index contributed by atoms with van der Waals surface area (Å²) < 4.78 is 10.5. The number of hydrogen-bond donors (Lipinski definition) is 1. The fourth-order valence-electron chi connectivity index (χ4n) is 1.63. The van der Waals surface area contributed by atoms with Crippen molar-refractivity contribution >= 4 is 0 Å². The molecule has 17 heavy (non-hydrogen) atoms. The first kappa shape index (κ1) is 16.8. The molecule has 0 bridgehead atoms. The number of hydrogen-bond acceptors (Lipinski definition) is 4. The average molecular weight is 248 g/mol. The second kappa shape index (κ2) is 15.8. The Labute approximate surface area is 105 Å². The molecule has 4 heteroatoms. The van der Waals surface area contributed by atoms with E-state index in [1.807, 2.05) is 0 Å². The van der Waals surface area contributed by atoms with Gasteiger partial charge in [-0.1, -0.05) is 19.3 Å². The van der Waals surface area contributed by atoms with E-state index in [9.17, 15) is 0 Å². The quantitative estimate of drug-likeness (QED) is 0.291. The summed E-state index contributed by atoms with van der Waals surface area (Å²) in [5.41, 5.74) is 0. The molecule has 0 atom stereocenters. The van der Waals surface area contributed by atoms with Gasteiger partial charge < -0.3 is 9.47 Å². The van der Waals surface area contributed by atoms with Crippen LogP contribution in [-0.2, 0) is 14.4 Å². The molecule has 4 nitrogen and oxygen atoms in total. The Morgan fingerprint density at radius 2 is 1.12 bits per heavy atom. The van der Waals surface area contributed by atoms with E-state index in [-0.39, 0.29) is 0 Å². The van der Waals surface area contributed by atoms with Gasteiger partial charge in [-0.05, 0) is 32.1 Å². The summed E-state index contributed by atoms with van der Waals surface area (Å²) in [7, 11) is 1.75. The van der Waals surface area contributed by atoms with E-state index in [1.165, 1.54) is 25.7 Å². The lowest BCUT2D eigenvalue weighted by Gasteiger charge is -2.04. The van der Waals surface area contributed by atoms with Gasteiger partial charge in [-0.2, -0.15) is 0 Å². The maximum Gasteiger partial charge on any atom is 0.0819 e. The van der Waals surface area contributed by atoms with Crippen LogP contribution in [0.25, 0.3) is 0 Å². The average Bonchev–Trinajstić information content (AvgIpc) is 2.35. The zero-order valence-electron chi connectivity index (χ0n) is 11.2. The van der Waals surface area contributed by atoms with Crippen molar-refractivity contribution in [1.82, 2.24) is 0 Å². The number of ether oxygens (including phenoxy) is 2. The Morgan fingerprint density at radius 1 is 0.647 bits per heavy atom. The van der Waals surface area contributed by atoms with Gasteiger partial charge in [-0.3, -0.25) is 5.26 Å². The molecule has 0 aromatic heterocycles. The van der Waals surface area contributed by atoms with E-state index in [0.717, 1.165) is 45.5 Å². The van der Waals surface area contributed by atoms with Gasteiger partial charge in [-0.15, -0.1) is 0 Å². The van der Waals surface area contributed by atoms with Crippen LogP contribution >= 0.6 is 0 Å². The maximum absolute atomic E-state index is 8.10. The maximum atomic E-state index is 8.10. The second-order valence-electron chi connectivity index (χ2n) is 4.27. The van der Waals surface area contributed by atoms with Crippen LogP contribution in [0, 0.1) is 0 Å². The Balaban J connectivity index is 2.85. The van der Waals surface area contributed by atoms with Gasteiger partial charge in [0, 0.05) is 26.9 Å². The molecule has 104 valence electrons. The van der Waals surface area contributed by atoms with Crippen LogP contribution in [0.15, 0.2) is 0 Å². The number of rotatable bonds is 14. The third-order valence-corrected chi connectivity index (χ3v) is 2.66. The third kappa shape index (κ3) is 15.8. The van der Waals surface area contributed by atoms with Crippen molar-refractivity contribution in [2.45, 2.75) is 51.4 Å². The molecule has 0 radical (unpaired) electrons. The highest BCUT2D eigenvalue weighted by atomic mass is 17.1. The fraction of sp³-hybridized carbons (Fsp3) is 1.00. The van der Waals surface area contributed by atoms with Crippen LogP contribution in [0.5, 0.6) is 0 Å². The van der Waals surface area contributed by atoms with Gasteiger partial charge in [0.2, 0.25) is 0 Å². The highest BCUT2D eigenvalue weighted by Gasteiger charge is 1.93. The van der Waals surface area contributed by atoms with Crippen molar-refractivity contribution in [3.63, 3.8) is 0 Å². The van der Waals surface area contributed by atoms with E-state index < -0.39 is 0 Å². The van der Waals surface area contributed by atoms with Crippen molar-refractivity contribution in [2.75, 3.05) is 33.5 Å². The van der Waals surface area contributed by atoms with Gasteiger partial charge in [0.05, 0.1) is 6.61 Å². The molecule has 0 amide bonds. The van der Waals surface area contributed by atoms with E-state index in [1.54, 1.807) is 7.11 Å². The SMILES string of the molecule is COCCCCCCCOCCCCCOO. The molecule has 0 aliphatic carbocycles. The van der Waals surface area contributed by atoms with Crippen LogP contribution in [0.2, 0.25) is 0 Å². The van der Waals surface area contributed by atoms with Crippen LogP contribution in [0.3, 0.4) is 0 Å². The number of unbranched alkanes of at least 4 members (excludes halogenated alkanes) is 6. The van der Waals surface area contributed by atoms with Crippen LogP contribution in [0.1, 0.15) is 51.4 Å². The lowest BCUT2D eigenvalue weighted by molar-refractivity contribution is -0.242. The van der Waals surface area contributed by atoms with E-state index in [4.69, 9.17) is 14.7 Å². The summed E-state index contributed by atoms with van der Waals surface area (Å²) in [5.74, 6) is 0. The summed E-state index contributed by atoms with van der Waals surface area (Å²) in [6.07, 6.45) is 9.13. The second-order valence-corrected chi connectivity index (χ2v) is 4.27. The highest BCUT2D eigenvalue weighted by Crippen LogP contribution is 2.03. The Hall–Kier alpha value is -0.160. The first-order valence-electron chi connectivity index (χ1n) is 6.75. The zero-order valence-corrected chi connectivity index (χ0v) is 11.2. The van der Waals surface area contributed by atoms with Crippen LogP contribution < -0.4 is 0 Å². The standard InChI is InChI=1S/C13H28O4/c1-15-10-6-3-2-4-7-11-16-12-8-5-9-13-17-14/h14H,2-13H2,1H3. The van der Waals surface area contributed by atoms with Crippen molar-refractivity contribution in [3.05, 3.63) is 0 Å². The fourth-order valence-corrected chi connectivity index (χ4v) is 1.63. The van der Waals surface area contributed by atoms with Gasteiger partial charge in [0.25, 0.3) is 0 Å². The van der Waals surface area contributed by atoms with Gasteiger partial charge in [-0.25, -0.2) is 4.89 Å². The Morgan fingerprint density at radius 3 is 1.71 bits per heavy atom. The smallest absolute Gasteiger partial charge is 0.0819 e. The largest absolute Gasteiger partial charge is 0.385 e. The molecule has 0 unspecified atom stereocenters. The zero-order chi connectivity index (χ0) is 12.6. The molecular weight excluding hydrogens is 220 g/mol. The molecule has 0 aliphatic heterocycles. The van der Waals surface area contributed by atoms with E-state index in [0.29, 0.717) is 6.61 Å². The van der Waals surface area contributed by atoms with Crippen molar-refractivity contribution in [3.8, 4) is 0 Å². The number of methoxy groups -OCH3 is 1. The van der Waals surface area contributed by atoms with Gasteiger partial charge in [0.1, 0.15) is 0 Å². The van der Waals surface area contributed by atoms with Crippen molar-refractivity contribution < 1.29 is 19.6 Å². The van der Waals surface area contributed by atoms with Crippen LogP contribution in [-0.4, -0.2) is 38.8 Å². The molecule has 0 aliphatic rings. The minimum absolute atomic E-state index is 0.432. The minimum atomic E-state index is 0.432. The predicted octanol–water partition coefficient (Wildman–Crippen LogP) is 3.26. The van der Waals surface area contributed by atoms with Crippen LogP contribution in [0.4, 0.5) is 0 Å². The molecule has 0 heterocycles. The molecule has 0 rings (SSSR count). The molecule has 0 saturated heterocycles. The predicted molar refractivity (Wildman–Crippen MR) is 68.2 cm³/mol. The first-order chi connectivity index (χ1) is 8.41. The lowest BCUT2D eigenvalue weighted by atomic mass is 10.1. The molecule has 0 fully saturated rings. The minimum Gasteiger partial charge on any atom is -0.385 e. The third-order valence-electron chi connectivity index (χ3n) is 2.66. The van der Waals surface area contributed by atoms with E-state index in [2.05, 4.69) is 4.89 Å². The molecule has 1 N–H and O–H groups in total. The monoisotopic (exact) mass is 248 g/mol. The summed E-state index contributed by atoms with van der Waals surface area (Å²) in [5, 5.41) is 8.10. The normalized spacial score (nSPS) is 10.9. The summed E-state index contributed by atoms with van der Waals surface area (Å²) in [6, 6.07) is 0. The lowest BCUT2D eigenvalue weighted by Crippen LogP contribution is -1.98. The van der Waals surface area contributed by atoms with Gasteiger partial charge in [0.15, 0.2) is 0 Å².